The Bertz CT molecular complexity index is 505. The summed E-state index contributed by atoms with van der Waals surface area (Å²) in [5.41, 5.74) is 0.975. The van der Waals surface area contributed by atoms with Crippen LogP contribution in [0.25, 0.3) is 0 Å². The zero-order valence-corrected chi connectivity index (χ0v) is 10.5. The summed E-state index contributed by atoms with van der Waals surface area (Å²) in [7, 11) is 1.74. The van der Waals surface area contributed by atoms with E-state index in [0.717, 1.165) is 11.6 Å². The van der Waals surface area contributed by atoms with Gasteiger partial charge >= 0.3 is 6.18 Å². The molecule has 1 N–H and O–H groups in total. The second kappa shape index (κ2) is 5.12. The lowest BCUT2D eigenvalue weighted by Crippen LogP contribution is -2.17. The van der Waals surface area contributed by atoms with Crippen molar-refractivity contribution >= 4 is 11.3 Å². The van der Waals surface area contributed by atoms with E-state index in [0.29, 0.717) is 5.56 Å². The number of benzene rings is 1. The SMILES string of the molecule is CNC(c1ccsc1)c1cccc(C(F)(F)F)c1. The molecule has 0 saturated heterocycles. The highest BCUT2D eigenvalue weighted by atomic mass is 32.1. The average molecular weight is 271 g/mol. The number of hydrogen-bond acceptors (Lipinski definition) is 2. The van der Waals surface area contributed by atoms with E-state index in [9.17, 15) is 13.2 Å². The minimum atomic E-state index is -4.30. The molecule has 1 atom stereocenters. The number of thiophene rings is 1. The Morgan fingerprint density at radius 2 is 1.94 bits per heavy atom. The monoisotopic (exact) mass is 271 g/mol. The van der Waals surface area contributed by atoms with E-state index >= 15 is 0 Å². The normalized spacial score (nSPS) is 13.6. The van der Waals surface area contributed by atoms with Crippen LogP contribution in [0.4, 0.5) is 13.2 Å². The van der Waals surface area contributed by atoms with Crippen molar-refractivity contribution in [1.82, 2.24) is 5.32 Å². The second-order valence-corrected chi connectivity index (χ2v) is 4.68. The van der Waals surface area contributed by atoms with Crippen molar-refractivity contribution in [2.45, 2.75) is 12.2 Å². The molecule has 2 aromatic rings. The van der Waals surface area contributed by atoms with Crippen LogP contribution >= 0.6 is 11.3 Å². The fraction of sp³-hybridized carbons (Fsp3) is 0.231. The molecule has 2 rings (SSSR count). The zero-order valence-electron chi connectivity index (χ0n) is 9.66. The van der Waals surface area contributed by atoms with Crippen LogP contribution in [0.15, 0.2) is 41.1 Å². The maximum absolute atomic E-state index is 12.7. The average Bonchev–Trinajstić information content (AvgIpc) is 2.83. The van der Waals surface area contributed by atoms with Crippen LogP contribution in [-0.2, 0) is 6.18 Å². The highest BCUT2D eigenvalue weighted by Crippen LogP contribution is 2.32. The van der Waals surface area contributed by atoms with Crippen molar-refractivity contribution < 1.29 is 13.2 Å². The van der Waals surface area contributed by atoms with Crippen LogP contribution in [0.2, 0.25) is 0 Å². The topological polar surface area (TPSA) is 12.0 Å². The molecule has 1 unspecified atom stereocenters. The molecule has 0 fully saturated rings. The Balaban J connectivity index is 2.38. The van der Waals surface area contributed by atoms with E-state index in [-0.39, 0.29) is 6.04 Å². The molecule has 0 aliphatic heterocycles. The first-order valence-electron chi connectivity index (χ1n) is 5.39. The first-order valence-corrected chi connectivity index (χ1v) is 6.33. The van der Waals surface area contributed by atoms with Crippen molar-refractivity contribution in [1.29, 1.82) is 0 Å². The van der Waals surface area contributed by atoms with E-state index in [1.165, 1.54) is 23.5 Å². The molecule has 0 radical (unpaired) electrons. The highest BCUT2D eigenvalue weighted by molar-refractivity contribution is 7.08. The van der Waals surface area contributed by atoms with E-state index < -0.39 is 11.7 Å². The standard InChI is InChI=1S/C13H12F3NS/c1-17-12(10-5-6-18-8-10)9-3-2-4-11(7-9)13(14,15)16/h2-8,12,17H,1H3. The summed E-state index contributed by atoms with van der Waals surface area (Å²) in [6, 6.07) is 7.12. The number of hydrogen-bond donors (Lipinski definition) is 1. The highest BCUT2D eigenvalue weighted by Gasteiger charge is 2.31. The molecule has 1 aromatic heterocycles. The fourth-order valence-electron chi connectivity index (χ4n) is 1.86. The van der Waals surface area contributed by atoms with E-state index in [1.807, 2.05) is 16.8 Å². The number of alkyl halides is 3. The molecule has 0 saturated carbocycles. The van der Waals surface area contributed by atoms with Gasteiger partial charge in [0.05, 0.1) is 11.6 Å². The Hall–Kier alpha value is -1.33. The molecule has 0 spiro atoms. The molecule has 1 nitrogen and oxygen atoms in total. The lowest BCUT2D eigenvalue weighted by Gasteiger charge is -2.17. The van der Waals surface area contributed by atoms with Crippen molar-refractivity contribution in [2.24, 2.45) is 0 Å². The van der Waals surface area contributed by atoms with Crippen LogP contribution in [0.1, 0.15) is 22.7 Å². The van der Waals surface area contributed by atoms with Crippen molar-refractivity contribution in [3.63, 3.8) is 0 Å². The number of nitrogens with one attached hydrogen (secondary N) is 1. The molecule has 1 heterocycles. The third kappa shape index (κ3) is 2.73. The van der Waals surface area contributed by atoms with Gasteiger partial charge in [0.2, 0.25) is 0 Å². The fourth-order valence-corrected chi connectivity index (χ4v) is 2.55. The lowest BCUT2D eigenvalue weighted by molar-refractivity contribution is -0.137. The minimum absolute atomic E-state index is 0.210. The van der Waals surface area contributed by atoms with Crippen LogP contribution < -0.4 is 5.32 Å². The van der Waals surface area contributed by atoms with Gasteiger partial charge in [-0.2, -0.15) is 24.5 Å². The first-order chi connectivity index (χ1) is 8.52. The Morgan fingerprint density at radius 1 is 1.17 bits per heavy atom. The van der Waals surface area contributed by atoms with Gasteiger partial charge in [0.25, 0.3) is 0 Å². The maximum atomic E-state index is 12.7. The van der Waals surface area contributed by atoms with Crippen LogP contribution in [0.5, 0.6) is 0 Å². The van der Waals surface area contributed by atoms with Crippen molar-refractivity contribution in [2.75, 3.05) is 7.05 Å². The van der Waals surface area contributed by atoms with Gasteiger partial charge in [-0.1, -0.05) is 12.1 Å². The molecule has 1 aromatic carbocycles. The van der Waals surface area contributed by atoms with E-state index in [1.54, 1.807) is 13.1 Å². The number of halogens is 3. The van der Waals surface area contributed by atoms with Gasteiger partial charge in [0.15, 0.2) is 0 Å². The summed E-state index contributed by atoms with van der Waals surface area (Å²) < 4.78 is 38.0. The molecule has 18 heavy (non-hydrogen) atoms. The Kier molecular flexibility index (Phi) is 3.73. The second-order valence-electron chi connectivity index (χ2n) is 3.90. The molecule has 0 amide bonds. The molecular weight excluding hydrogens is 259 g/mol. The Labute approximate surface area is 107 Å². The summed E-state index contributed by atoms with van der Waals surface area (Å²) in [6.45, 7) is 0. The molecular formula is C13H12F3NS. The third-order valence-corrected chi connectivity index (χ3v) is 3.41. The van der Waals surface area contributed by atoms with Crippen LogP contribution in [-0.4, -0.2) is 7.05 Å². The third-order valence-electron chi connectivity index (χ3n) is 2.71. The summed E-state index contributed by atoms with van der Waals surface area (Å²) in [6.07, 6.45) is -4.30. The predicted octanol–water partition coefficient (Wildman–Crippen LogP) is 4.08. The summed E-state index contributed by atoms with van der Waals surface area (Å²) >= 11 is 1.53. The Morgan fingerprint density at radius 3 is 2.50 bits per heavy atom. The summed E-state index contributed by atoms with van der Waals surface area (Å²) in [5.74, 6) is 0. The van der Waals surface area contributed by atoms with Gasteiger partial charge in [0.1, 0.15) is 0 Å². The van der Waals surface area contributed by atoms with Crippen LogP contribution in [0, 0.1) is 0 Å². The molecule has 96 valence electrons. The van der Waals surface area contributed by atoms with Gasteiger partial charge in [-0.15, -0.1) is 0 Å². The van der Waals surface area contributed by atoms with Gasteiger partial charge < -0.3 is 5.32 Å². The first kappa shape index (κ1) is 13.1. The van der Waals surface area contributed by atoms with Crippen LogP contribution in [0.3, 0.4) is 0 Å². The maximum Gasteiger partial charge on any atom is 0.416 e. The smallest absolute Gasteiger partial charge is 0.309 e. The minimum Gasteiger partial charge on any atom is -0.309 e. The summed E-state index contributed by atoms with van der Waals surface area (Å²) in [5, 5.41) is 6.88. The van der Waals surface area contributed by atoms with Gasteiger partial charge in [-0.25, -0.2) is 0 Å². The van der Waals surface area contributed by atoms with Crippen molar-refractivity contribution in [3.05, 3.63) is 57.8 Å². The van der Waals surface area contributed by atoms with Gasteiger partial charge in [-0.3, -0.25) is 0 Å². The van der Waals surface area contributed by atoms with Crippen molar-refractivity contribution in [3.8, 4) is 0 Å². The molecule has 5 heteroatoms. The predicted molar refractivity (Wildman–Crippen MR) is 66.7 cm³/mol. The summed E-state index contributed by atoms with van der Waals surface area (Å²) in [4.78, 5) is 0. The largest absolute Gasteiger partial charge is 0.416 e. The molecule has 0 aliphatic carbocycles. The van der Waals surface area contributed by atoms with Gasteiger partial charge in [-0.05, 0) is 47.1 Å². The lowest BCUT2D eigenvalue weighted by atomic mass is 9.99. The number of rotatable bonds is 3. The molecule has 0 bridgehead atoms. The molecule has 0 aliphatic rings. The zero-order chi connectivity index (χ0) is 13.2. The van der Waals surface area contributed by atoms with E-state index in [4.69, 9.17) is 0 Å². The van der Waals surface area contributed by atoms with Gasteiger partial charge in [0, 0.05) is 0 Å². The van der Waals surface area contributed by atoms with E-state index in [2.05, 4.69) is 5.32 Å². The quantitative estimate of drug-likeness (QED) is 0.887.